The molecule has 0 saturated heterocycles. The van der Waals surface area contributed by atoms with Crippen molar-refractivity contribution in [3.63, 3.8) is 0 Å². The second-order valence-corrected chi connectivity index (χ2v) is 7.13. The van der Waals surface area contributed by atoms with Gasteiger partial charge in [-0.2, -0.15) is 0 Å². The second kappa shape index (κ2) is 8.17. The van der Waals surface area contributed by atoms with Crippen molar-refractivity contribution >= 4 is 39.3 Å². The molecule has 6 nitrogen and oxygen atoms in total. The summed E-state index contributed by atoms with van der Waals surface area (Å²) in [5.41, 5.74) is 1.85. The lowest BCUT2D eigenvalue weighted by Gasteiger charge is -2.06. The first-order valence-corrected chi connectivity index (χ1v) is 9.31. The highest BCUT2D eigenvalue weighted by atomic mass is 79.9. The van der Waals surface area contributed by atoms with Crippen molar-refractivity contribution < 1.29 is 4.79 Å². The monoisotopic (exact) mass is 417 g/mol. The third-order valence-electron chi connectivity index (χ3n) is 3.40. The van der Waals surface area contributed by atoms with Crippen LogP contribution in [0.2, 0.25) is 0 Å². The van der Waals surface area contributed by atoms with Gasteiger partial charge in [-0.3, -0.25) is 4.79 Å². The third-order valence-corrected chi connectivity index (χ3v) is 4.87. The van der Waals surface area contributed by atoms with Crippen LogP contribution in [0, 0.1) is 0 Å². The number of rotatable bonds is 6. The molecule has 0 radical (unpaired) electrons. The number of carbonyl (C=O) groups is 1. The smallest absolute Gasteiger partial charge is 0.234 e. The Bertz CT molecular complexity index is 851. The van der Waals surface area contributed by atoms with Gasteiger partial charge in [0.2, 0.25) is 11.1 Å². The average molecular weight is 418 g/mol. The zero-order chi connectivity index (χ0) is 17.6. The van der Waals surface area contributed by atoms with Crippen LogP contribution in [-0.4, -0.2) is 26.5 Å². The van der Waals surface area contributed by atoms with Crippen molar-refractivity contribution in [2.24, 2.45) is 0 Å². The highest BCUT2D eigenvalue weighted by molar-refractivity contribution is 9.10. The van der Waals surface area contributed by atoms with Crippen LogP contribution in [0.4, 0.5) is 5.69 Å². The number of nitrogens with zero attached hydrogens (tertiary/aromatic N) is 3. The Morgan fingerprint density at radius 1 is 1.12 bits per heavy atom. The summed E-state index contributed by atoms with van der Waals surface area (Å²) in [6.07, 6.45) is 0.593. The highest BCUT2D eigenvalue weighted by Gasteiger charge is 2.12. The van der Waals surface area contributed by atoms with Crippen molar-refractivity contribution in [2.45, 2.75) is 11.6 Å². The number of aromatic nitrogens is 3. The molecule has 0 aliphatic heterocycles. The van der Waals surface area contributed by atoms with E-state index >= 15 is 0 Å². The molecule has 0 saturated carbocycles. The molecular weight excluding hydrogens is 402 g/mol. The topological polar surface area (TPSA) is 85.8 Å². The molecule has 1 aromatic heterocycles. The predicted octanol–water partition coefficient (Wildman–Crippen LogP) is 3.08. The average Bonchev–Trinajstić information content (AvgIpc) is 2.96. The predicted molar refractivity (Wildman–Crippen MR) is 103 cm³/mol. The van der Waals surface area contributed by atoms with E-state index in [1.807, 2.05) is 54.6 Å². The molecule has 25 heavy (non-hydrogen) atoms. The van der Waals surface area contributed by atoms with Crippen molar-refractivity contribution in [2.75, 3.05) is 16.9 Å². The van der Waals surface area contributed by atoms with Gasteiger partial charge in [-0.1, -0.05) is 58.0 Å². The molecule has 128 valence electrons. The first kappa shape index (κ1) is 17.5. The van der Waals surface area contributed by atoms with E-state index in [2.05, 4.69) is 31.4 Å². The lowest BCUT2D eigenvalue weighted by molar-refractivity contribution is -0.113. The Kier molecular flexibility index (Phi) is 5.72. The van der Waals surface area contributed by atoms with E-state index in [4.69, 9.17) is 5.84 Å². The van der Waals surface area contributed by atoms with Crippen LogP contribution in [0.5, 0.6) is 0 Å². The summed E-state index contributed by atoms with van der Waals surface area (Å²) in [5, 5.41) is 11.5. The maximum atomic E-state index is 12.0. The molecule has 0 unspecified atom stereocenters. The summed E-state index contributed by atoms with van der Waals surface area (Å²) < 4.78 is 2.40. The Morgan fingerprint density at radius 3 is 2.56 bits per heavy atom. The van der Waals surface area contributed by atoms with E-state index in [0.717, 1.165) is 15.7 Å². The van der Waals surface area contributed by atoms with Crippen LogP contribution >= 0.6 is 27.7 Å². The molecule has 1 amide bonds. The van der Waals surface area contributed by atoms with Gasteiger partial charge in [-0.15, -0.1) is 10.2 Å². The van der Waals surface area contributed by atoms with E-state index in [1.165, 1.54) is 16.4 Å². The van der Waals surface area contributed by atoms with Gasteiger partial charge in [0.25, 0.3) is 0 Å². The highest BCUT2D eigenvalue weighted by Crippen LogP contribution is 2.18. The molecule has 0 bridgehead atoms. The van der Waals surface area contributed by atoms with Crippen LogP contribution in [0.25, 0.3) is 0 Å². The number of thioether (sulfide) groups is 1. The lowest BCUT2D eigenvalue weighted by atomic mass is 10.1. The summed E-state index contributed by atoms with van der Waals surface area (Å²) in [4.78, 5) is 12.0. The van der Waals surface area contributed by atoms with Crippen LogP contribution in [0.3, 0.4) is 0 Å². The SMILES string of the molecule is Nn1c(Cc2ccccc2)nnc1SCC(=O)Nc1ccc(Br)cc1. The number of anilines is 1. The van der Waals surface area contributed by atoms with Gasteiger partial charge < -0.3 is 11.2 Å². The van der Waals surface area contributed by atoms with Gasteiger partial charge in [-0.25, -0.2) is 4.68 Å². The number of amides is 1. The van der Waals surface area contributed by atoms with Crippen molar-refractivity contribution in [1.82, 2.24) is 14.9 Å². The molecule has 0 atom stereocenters. The second-order valence-electron chi connectivity index (χ2n) is 5.27. The Balaban J connectivity index is 1.56. The van der Waals surface area contributed by atoms with Crippen LogP contribution in [0.15, 0.2) is 64.2 Å². The standard InChI is InChI=1S/C17H16BrN5OS/c18-13-6-8-14(9-7-13)20-16(24)11-25-17-22-21-15(23(17)19)10-12-4-2-1-3-5-12/h1-9H,10-11,19H2,(H,20,24). The van der Waals surface area contributed by atoms with E-state index in [9.17, 15) is 4.79 Å². The molecule has 3 rings (SSSR count). The lowest BCUT2D eigenvalue weighted by Crippen LogP contribution is -2.17. The first-order chi connectivity index (χ1) is 12.1. The molecule has 8 heteroatoms. The number of nitrogens with one attached hydrogen (secondary N) is 1. The summed E-state index contributed by atoms with van der Waals surface area (Å²) in [6.45, 7) is 0. The maximum Gasteiger partial charge on any atom is 0.234 e. The van der Waals surface area contributed by atoms with E-state index < -0.39 is 0 Å². The van der Waals surface area contributed by atoms with Crippen molar-refractivity contribution in [3.05, 3.63) is 70.5 Å². The quantitative estimate of drug-likeness (QED) is 0.475. The number of hydrogen-bond acceptors (Lipinski definition) is 5. The van der Waals surface area contributed by atoms with Crippen LogP contribution in [0.1, 0.15) is 11.4 Å². The first-order valence-electron chi connectivity index (χ1n) is 7.53. The Labute approximate surface area is 157 Å². The third kappa shape index (κ3) is 4.83. The minimum atomic E-state index is -0.125. The summed E-state index contributed by atoms with van der Waals surface area (Å²) in [6, 6.07) is 17.3. The number of nitrogens with two attached hydrogens (primary N) is 1. The summed E-state index contributed by atoms with van der Waals surface area (Å²) >= 11 is 4.61. The summed E-state index contributed by atoms with van der Waals surface area (Å²) in [7, 11) is 0. The molecule has 3 aromatic rings. The van der Waals surface area contributed by atoms with Gasteiger partial charge in [-0.05, 0) is 29.8 Å². The zero-order valence-electron chi connectivity index (χ0n) is 13.2. The van der Waals surface area contributed by atoms with Gasteiger partial charge in [0.1, 0.15) is 0 Å². The Hall–Kier alpha value is -2.32. The fraction of sp³-hybridized carbons (Fsp3) is 0.118. The molecule has 2 aromatic carbocycles. The summed E-state index contributed by atoms with van der Waals surface area (Å²) in [5.74, 6) is 6.78. The fourth-order valence-electron chi connectivity index (χ4n) is 2.17. The zero-order valence-corrected chi connectivity index (χ0v) is 15.6. The molecule has 0 aliphatic rings. The fourth-order valence-corrected chi connectivity index (χ4v) is 3.10. The Morgan fingerprint density at radius 2 is 1.84 bits per heavy atom. The largest absolute Gasteiger partial charge is 0.336 e. The normalized spacial score (nSPS) is 10.6. The number of benzene rings is 2. The van der Waals surface area contributed by atoms with E-state index in [0.29, 0.717) is 17.4 Å². The van der Waals surface area contributed by atoms with Gasteiger partial charge >= 0.3 is 0 Å². The molecule has 0 fully saturated rings. The van der Waals surface area contributed by atoms with Crippen LogP contribution in [-0.2, 0) is 11.2 Å². The van der Waals surface area contributed by atoms with Gasteiger partial charge in [0, 0.05) is 16.6 Å². The molecular formula is C17H16BrN5OS. The van der Waals surface area contributed by atoms with E-state index in [-0.39, 0.29) is 11.7 Å². The van der Waals surface area contributed by atoms with Gasteiger partial charge in [0.15, 0.2) is 5.82 Å². The minimum absolute atomic E-state index is 0.125. The number of carbonyl (C=O) groups excluding carboxylic acids is 1. The van der Waals surface area contributed by atoms with Crippen molar-refractivity contribution in [1.29, 1.82) is 0 Å². The van der Waals surface area contributed by atoms with Gasteiger partial charge in [0.05, 0.1) is 5.75 Å². The van der Waals surface area contributed by atoms with Crippen molar-refractivity contribution in [3.8, 4) is 0 Å². The van der Waals surface area contributed by atoms with E-state index in [1.54, 1.807) is 0 Å². The molecule has 1 heterocycles. The minimum Gasteiger partial charge on any atom is -0.336 e. The maximum absolute atomic E-state index is 12.0. The molecule has 0 aliphatic carbocycles. The number of hydrogen-bond donors (Lipinski definition) is 2. The molecule has 3 N–H and O–H groups in total. The number of nitrogen functional groups attached to an aromatic ring is 1. The van der Waals surface area contributed by atoms with Crippen LogP contribution < -0.4 is 11.2 Å². The number of halogens is 1. The molecule has 0 spiro atoms.